The lowest BCUT2D eigenvalue weighted by Crippen LogP contribution is -2.39. The number of piperidine rings is 1. The van der Waals surface area contributed by atoms with Crippen molar-refractivity contribution in [2.45, 2.75) is 38.1 Å². The molecule has 1 amide bonds. The lowest BCUT2D eigenvalue weighted by Gasteiger charge is -2.36. The van der Waals surface area contributed by atoms with Crippen molar-refractivity contribution in [1.29, 1.82) is 0 Å². The van der Waals surface area contributed by atoms with E-state index in [1.165, 1.54) is 12.1 Å². The van der Waals surface area contributed by atoms with E-state index in [-0.39, 0.29) is 23.7 Å². The van der Waals surface area contributed by atoms with Gasteiger partial charge in [0.25, 0.3) is 0 Å². The van der Waals surface area contributed by atoms with E-state index in [2.05, 4.69) is 9.97 Å². The van der Waals surface area contributed by atoms with Crippen molar-refractivity contribution in [2.75, 3.05) is 12.3 Å². The maximum absolute atomic E-state index is 13.8. The predicted octanol–water partition coefficient (Wildman–Crippen LogP) is 4.55. The predicted molar refractivity (Wildman–Crippen MR) is 115 cm³/mol. The molecule has 0 bridgehead atoms. The number of nitrogens with two attached hydrogens (primary N) is 1. The van der Waals surface area contributed by atoms with Gasteiger partial charge in [0.15, 0.2) is 0 Å². The fourth-order valence-corrected chi connectivity index (χ4v) is 4.10. The molecule has 0 radical (unpaired) electrons. The second kappa shape index (κ2) is 9.03. The Morgan fingerprint density at radius 1 is 1.13 bits per heavy atom. The first-order valence-electron chi connectivity index (χ1n) is 10.3. The van der Waals surface area contributed by atoms with Gasteiger partial charge >= 0.3 is 0 Å². The van der Waals surface area contributed by atoms with Gasteiger partial charge < -0.3 is 10.6 Å². The Morgan fingerprint density at radius 2 is 1.97 bits per heavy atom. The topological polar surface area (TPSA) is 72.1 Å². The molecule has 1 aliphatic rings. The summed E-state index contributed by atoms with van der Waals surface area (Å²) in [4.78, 5) is 23.7. The number of aromatic nitrogens is 2. The van der Waals surface area contributed by atoms with Gasteiger partial charge in [0.05, 0.1) is 11.7 Å². The van der Waals surface area contributed by atoms with E-state index < -0.39 is 0 Å². The standard InChI is InChI=1S/C24H25FN4O/c25-19-10-6-9-18(15-19)20-16-27-24(26)28-23(20)21-11-4-5-14-29(21)22(30)13-12-17-7-2-1-3-8-17/h1-3,6-10,15-16,21H,4-5,11-14H2,(H2,26,27,28). The van der Waals surface area contributed by atoms with Crippen LogP contribution < -0.4 is 5.73 Å². The Kier molecular flexibility index (Phi) is 6.02. The van der Waals surface area contributed by atoms with Gasteiger partial charge in [-0.25, -0.2) is 14.4 Å². The summed E-state index contributed by atoms with van der Waals surface area (Å²) in [5.41, 5.74) is 9.14. The minimum atomic E-state index is -0.324. The molecule has 2 heterocycles. The van der Waals surface area contributed by atoms with Crippen LogP contribution in [-0.4, -0.2) is 27.3 Å². The highest BCUT2D eigenvalue weighted by Gasteiger charge is 2.31. The van der Waals surface area contributed by atoms with Crippen LogP contribution >= 0.6 is 0 Å². The van der Waals surface area contributed by atoms with Gasteiger partial charge in [-0.05, 0) is 48.9 Å². The van der Waals surface area contributed by atoms with Gasteiger partial charge in [-0.2, -0.15) is 0 Å². The first-order chi connectivity index (χ1) is 14.6. The van der Waals surface area contributed by atoms with Crippen molar-refractivity contribution in [2.24, 2.45) is 0 Å². The maximum atomic E-state index is 13.8. The number of hydrogen-bond acceptors (Lipinski definition) is 4. The van der Waals surface area contributed by atoms with E-state index in [1.54, 1.807) is 12.3 Å². The quantitative estimate of drug-likeness (QED) is 0.677. The highest BCUT2D eigenvalue weighted by Crippen LogP contribution is 2.36. The number of hydrogen-bond donors (Lipinski definition) is 1. The highest BCUT2D eigenvalue weighted by molar-refractivity contribution is 5.78. The largest absolute Gasteiger partial charge is 0.368 e. The van der Waals surface area contributed by atoms with E-state index >= 15 is 0 Å². The molecule has 154 valence electrons. The zero-order chi connectivity index (χ0) is 20.9. The Balaban J connectivity index is 1.62. The van der Waals surface area contributed by atoms with E-state index in [0.717, 1.165) is 30.4 Å². The summed E-state index contributed by atoms with van der Waals surface area (Å²) in [6.45, 7) is 0.685. The van der Waals surface area contributed by atoms with Crippen LogP contribution in [0.3, 0.4) is 0 Å². The minimum absolute atomic E-state index is 0.103. The zero-order valence-corrected chi connectivity index (χ0v) is 16.8. The third-order valence-corrected chi connectivity index (χ3v) is 5.58. The molecule has 1 aromatic heterocycles. The van der Waals surface area contributed by atoms with Crippen LogP contribution in [-0.2, 0) is 11.2 Å². The Morgan fingerprint density at radius 3 is 2.77 bits per heavy atom. The molecule has 2 N–H and O–H groups in total. The summed E-state index contributed by atoms with van der Waals surface area (Å²) in [6, 6.07) is 16.2. The first kappa shape index (κ1) is 20.0. The van der Waals surface area contributed by atoms with Crippen molar-refractivity contribution >= 4 is 11.9 Å². The number of carbonyl (C=O) groups excluding carboxylic acids is 1. The number of anilines is 1. The smallest absolute Gasteiger partial charge is 0.223 e. The van der Waals surface area contributed by atoms with Crippen LogP contribution in [0.1, 0.15) is 43.0 Å². The number of likely N-dealkylation sites (tertiary alicyclic amines) is 1. The SMILES string of the molecule is Nc1ncc(-c2cccc(F)c2)c(C2CCCCN2C(=O)CCc2ccccc2)n1. The average molecular weight is 404 g/mol. The van der Waals surface area contributed by atoms with Crippen LogP contribution in [0, 0.1) is 5.82 Å². The molecule has 0 spiro atoms. The molecule has 0 aliphatic carbocycles. The monoisotopic (exact) mass is 404 g/mol. The summed E-state index contributed by atoms with van der Waals surface area (Å²) >= 11 is 0. The van der Waals surface area contributed by atoms with Gasteiger partial charge in [0.2, 0.25) is 11.9 Å². The number of aryl methyl sites for hydroxylation is 1. The Bertz CT molecular complexity index is 1020. The normalized spacial score (nSPS) is 16.4. The fourth-order valence-electron chi connectivity index (χ4n) is 4.10. The molecular weight excluding hydrogens is 379 g/mol. The number of carbonyl (C=O) groups is 1. The lowest BCUT2D eigenvalue weighted by molar-refractivity contribution is -0.135. The van der Waals surface area contributed by atoms with Gasteiger partial charge in [0, 0.05) is 24.7 Å². The summed E-state index contributed by atoms with van der Waals surface area (Å²) in [5, 5.41) is 0. The number of amides is 1. The second-order valence-electron chi connectivity index (χ2n) is 7.62. The van der Waals surface area contributed by atoms with Crippen LogP contribution in [0.15, 0.2) is 60.8 Å². The molecule has 5 nitrogen and oxygen atoms in total. The number of nitrogen functional groups attached to an aromatic ring is 1. The molecule has 30 heavy (non-hydrogen) atoms. The third-order valence-electron chi connectivity index (χ3n) is 5.58. The van der Waals surface area contributed by atoms with Crippen molar-refractivity contribution in [1.82, 2.24) is 14.9 Å². The molecule has 6 heteroatoms. The third kappa shape index (κ3) is 4.48. The lowest BCUT2D eigenvalue weighted by atomic mass is 9.93. The Labute approximate surface area is 175 Å². The van der Waals surface area contributed by atoms with Gasteiger partial charge in [0.1, 0.15) is 5.82 Å². The summed E-state index contributed by atoms with van der Waals surface area (Å²) < 4.78 is 13.8. The van der Waals surface area contributed by atoms with Crippen LogP contribution in [0.25, 0.3) is 11.1 Å². The minimum Gasteiger partial charge on any atom is -0.368 e. The van der Waals surface area contributed by atoms with Gasteiger partial charge in [-0.3, -0.25) is 4.79 Å². The summed E-state index contributed by atoms with van der Waals surface area (Å²) in [7, 11) is 0. The average Bonchev–Trinajstić information content (AvgIpc) is 2.78. The van der Waals surface area contributed by atoms with E-state index in [1.807, 2.05) is 41.3 Å². The van der Waals surface area contributed by atoms with Crippen molar-refractivity contribution < 1.29 is 9.18 Å². The molecule has 1 saturated heterocycles. The van der Waals surface area contributed by atoms with Crippen LogP contribution in [0.5, 0.6) is 0 Å². The summed E-state index contributed by atoms with van der Waals surface area (Å²) in [5.74, 6) is -0.0620. The summed E-state index contributed by atoms with van der Waals surface area (Å²) in [6.07, 6.45) is 5.54. The highest BCUT2D eigenvalue weighted by atomic mass is 19.1. The molecule has 0 saturated carbocycles. The number of nitrogens with zero attached hydrogens (tertiary/aromatic N) is 3. The second-order valence-corrected chi connectivity index (χ2v) is 7.62. The van der Waals surface area contributed by atoms with Crippen molar-refractivity contribution in [3.8, 4) is 11.1 Å². The molecular formula is C24H25FN4O. The van der Waals surface area contributed by atoms with Gasteiger partial charge in [-0.15, -0.1) is 0 Å². The molecule has 1 fully saturated rings. The maximum Gasteiger partial charge on any atom is 0.223 e. The molecule has 4 rings (SSSR count). The molecule has 1 atom stereocenters. The van der Waals surface area contributed by atoms with Crippen molar-refractivity contribution in [3.05, 3.63) is 77.9 Å². The van der Waals surface area contributed by atoms with E-state index in [0.29, 0.717) is 30.6 Å². The van der Waals surface area contributed by atoms with E-state index in [9.17, 15) is 9.18 Å². The molecule has 1 unspecified atom stereocenters. The van der Waals surface area contributed by atoms with Crippen molar-refractivity contribution in [3.63, 3.8) is 0 Å². The Hall–Kier alpha value is -3.28. The molecule has 1 aliphatic heterocycles. The van der Waals surface area contributed by atoms with E-state index in [4.69, 9.17) is 5.73 Å². The van der Waals surface area contributed by atoms with Gasteiger partial charge in [-0.1, -0.05) is 42.5 Å². The fraction of sp³-hybridized carbons (Fsp3) is 0.292. The first-order valence-corrected chi connectivity index (χ1v) is 10.3. The number of halogens is 1. The molecule has 3 aromatic rings. The zero-order valence-electron chi connectivity index (χ0n) is 16.8. The number of benzene rings is 2. The number of rotatable bonds is 5. The van der Waals surface area contributed by atoms with Crippen LogP contribution in [0.4, 0.5) is 10.3 Å². The van der Waals surface area contributed by atoms with Crippen LogP contribution in [0.2, 0.25) is 0 Å². The molecule has 2 aromatic carbocycles.